The summed E-state index contributed by atoms with van der Waals surface area (Å²) in [7, 11) is 0. The minimum Gasteiger partial charge on any atom is -0.480 e. The van der Waals surface area contributed by atoms with Crippen LogP contribution in [0.3, 0.4) is 0 Å². The molecule has 0 saturated heterocycles. The number of nitrogens with one attached hydrogen (secondary N) is 1. The molecule has 0 radical (unpaired) electrons. The standard InChI is InChI=1S/C7H15N3O3/c1-5(10-13)9-4-2-3-6(8)7(11)12/h6,13H,2-4,8H2,1H3,(H,9,10)(H,11,12)/t6-/m0/s1. The van der Waals surface area contributed by atoms with Crippen LogP contribution in [0, 0.1) is 0 Å². The van der Waals surface area contributed by atoms with E-state index in [1.807, 2.05) is 5.48 Å². The predicted molar refractivity (Wildman–Crippen MR) is 47.7 cm³/mol. The van der Waals surface area contributed by atoms with Gasteiger partial charge in [-0.05, 0) is 19.8 Å². The molecule has 0 fully saturated rings. The van der Waals surface area contributed by atoms with Crippen molar-refractivity contribution in [1.29, 1.82) is 0 Å². The zero-order valence-electron chi connectivity index (χ0n) is 7.53. The highest BCUT2D eigenvalue weighted by atomic mass is 16.5. The number of nitrogens with zero attached hydrogens (tertiary/aromatic N) is 1. The molecule has 1 atom stereocenters. The van der Waals surface area contributed by atoms with Crippen molar-refractivity contribution in [2.24, 2.45) is 10.7 Å². The van der Waals surface area contributed by atoms with Gasteiger partial charge in [0.1, 0.15) is 11.9 Å². The zero-order valence-corrected chi connectivity index (χ0v) is 7.53. The second-order valence-corrected chi connectivity index (χ2v) is 2.67. The Morgan fingerprint density at radius 3 is 2.77 bits per heavy atom. The van der Waals surface area contributed by atoms with Crippen LogP contribution >= 0.6 is 0 Å². The Hall–Kier alpha value is -1.14. The lowest BCUT2D eigenvalue weighted by molar-refractivity contribution is -0.138. The summed E-state index contributed by atoms with van der Waals surface area (Å²) < 4.78 is 0. The Balaban J connectivity index is 3.51. The van der Waals surface area contributed by atoms with Gasteiger partial charge in [-0.3, -0.25) is 20.5 Å². The van der Waals surface area contributed by atoms with Crippen LogP contribution in [0.4, 0.5) is 0 Å². The van der Waals surface area contributed by atoms with Gasteiger partial charge in [-0.15, -0.1) is 0 Å². The van der Waals surface area contributed by atoms with Crippen LogP contribution < -0.4 is 11.2 Å². The summed E-state index contributed by atoms with van der Waals surface area (Å²) in [6.45, 7) is 2.07. The van der Waals surface area contributed by atoms with Crippen molar-refractivity contribution >= 4 is 11.8 Å². The summed E-state index contributed by atoms with van der Waals surface area (Å²) in [6, 6.07) is -0.822. The molecule has 0 amide bonds. The molecule has 0 aromatic carbocycles. The molecule has 0 unspecified atom stereocenters. The molecular weight excluding hydrogens is 174 g/mol. The van der Waals surface area contributed by atoms with E-state index in [2.05, 4.69) is 4.99 Å². The highest BCUT2D eigenvalue weighted by Gasteiger charge is 2.09. The van der Waals surface area contributed by atoms with Gasteiger partial charge in [0.05, 0.1) is 0 Å². The largest absolute Gasteiger partial charge is 0.480 e. The van der Waals surface area contributed by atoms with Gasteiger partial charge in [0, 0.05) is 6.54 Å². The van der Waals surface area contributed by atoms with Crippen LogP contribution in [-0.4, -0.2) is 34.7 Å². The van der Waals surface area contributed by atoms with E-state index in [0.29, 0.717) is 25.2 Å². The van der Waals surface area contributed by atoms with E-state index < -0.39 is 12.0 Å². The van der Waals surface area contributed by atoms with Gasteiger partial charge in [-0.25, -0.2) is 0 Å². The Labute approximate surface area is 76.4 Å². The molecule has 0 heterocycles. The van der Waals surface area contributed by atoms with E-state index in [4.69, 9.17) is 16.0 Å². The molecule has 0 rings (SSSR count). The highest BCUT2D eigenvalue weighted by Crippen LogP contribution is 1.94. The molecule has 0 aliphatic carbocycles. The van der Waals surface area contributed by atoms with E-state index in [1.165, 1.54) is 0 Å². The summed E-state index contributed by atoms with van der Waals surface area (Å²) in [6.07, 6.45) is 0.976. The Bertz CT molecular complexity index is 193. The fourth-order valence-corrected chi connectivity index (χ4v) is 0.717. The third-order valence-corrected chi connectivity index (χ3v) is 1.50. The number of hydrogen-bond acceptors (Lipinski definition) is 4. The molecule has 6 nitrogen and oxygen atoms in total. The maximum atomic E-state index is 10.3. The number of hydrogen-bond donors (Lipinski definition) is 4. The average molecular weight is 189 g/mol. The Morgan fingerprint density at radius 2 is 2.31 bits per heavy atom. The summed E-state index contributed by atoms with van der Waals surface area (Å²) in [4.78, 5) is 14.2. The van der Waals surface area contributed by atoms with E-state index in [1.54, 1.807) is 6.92 Å². The Kier molecular flexibility index (Phi) is 5.82. The number of carboxylic acid groups (broad SMARTS) is 1. The normalized spacial score (nSPS) is 13.9. The third kappa shape index (κ3) is 6.06. The number of aliphatic carboxylic acids is 1. The van der Waals surface area contributed by atoms with Crippen LogP contribution in [0.25, 0.3) is 0 Å². The zero-order chi connectivity index (χ0) is 10.3. The lowest BCUT2D eigenvalue weighted by Crippen LogP contribution is -2.30. The average Bonchev–Trinajstić information content (AvgIpc) is 2.11. The monoisotopic (exact) mass is 189 g/mol. The molecule has 13 heavy (non-hydrogen) atoms. The number of rotatable bonds is 5. The first-order valence-electron chi connectivity index (χ1n) is 3.97. The van der Waals surface area contributed by atoms with Gasteiger partial charge in [0.2, 0.25) is 0 Å². The van der Waals surface area contributed by atoms with Crippen molar-refractivity contribution < 1.29 is 15.1 Å². The van der Waals surface area contributed by atoms with Crippen molar-refractivity contribution in [3.63, 3.8) is 0 Å². The number of aliphatic imine (C=N–C) groups is 1. The van der Waals surface area contributed by atoms with Crippen molar-refractivity contribution in [1.82, 2.24) is 5.48 Å². The van der Waals surface area contributed by atoms with E-state index in [9.17, 15) is 4.79 Å². The minimum atomic E-state index is -0.999. The molecule has 0 aliphatic heterocycles. The second kappa shape index (κ2) is 6.38. The molecule has 0 aromatic heterocycles. The first kappa shape index (κ1) is 11.9. The molecule has 0 aromatic rings. The maximum Gasteiger partial charge on any atom is 0.320 e. The van der Waals surface area contributed by atoms with Crippen LogP contribution in [0.1, 0.15) is 19.8 Å². The van der Waals surface area contributed by atoms with Crippen molar-refractivity contribution in [3.05, 3.63) is 0 Å². The lowest BCUT2D eigenvalue weighted by Gasteiger charge is -2.03. The van der Waals surface area contributed by atoms with Crippen LogP contribution in [0.15, 0.2) is 4.99 Å². The number of amidine groups is 1. The topological polar surface area (TPSA) is 108 Å². The van der Waals surface area contributed by atoms with Crippen molar-refractivity contribution in [2.45, 2.75) is 25.8 Å². The van der Waals surface area contributed by atoms with Crippen LogP contribution in [-0.2, 0) is 4.79 Å². The lowest BCUT2D eigenvalue weighted by atomic mass is 10.2. The molecule has 0 aliphatic rings. The summed E-state index contributed by atoms with van der Waals surface area (Å²) >= 11 is 0. The van der Waals surface area contributed by atoms with Crippen molar-refractivity contribution in [3.8, 4) is 0 Å². The van der Waals surface area contributed by atoms with Gasteiger partial charge in [0.25, 0.3) is 0 Å². The number of carboxylic acids is 1. The summed E-state index contributed by atoms with van der Waals surface area (Å²) in [5.41, 5.74) is 7.13. The Morgan fingerprint density at radius 1 is 1.69 bits per heavy atom. The molecule has 0 bridgehead atoms. The second-order valence-electron chi connectivity index (χ2n) is 2.67. The molecular formula is C7H15N3O3. The van der Waals surface area contributed by atoms with E-state index in [0.717, 1.165) is 0 Å². The summed E-state index contributed by atoms with van der Waals surface area (Å²) in [5, 5.41) is 16.8. The molecule has 76 valence electrons. The van der Waals surface area contributed by atoms with E-state index >= 15 is 0 Å². The van der Waals surface area contributed by atoms with Crippen molar-refractivity contribution in [2.75, 3.05) is 6.54 Å². The van der Waals surface area contributed by atoms with Gasteiger partial charge in [0.15, 0.2) is 0 Å². The number of hydroxylamine groups is 1. The van der Waals surface area contributed by atoms with Gasteiger partial charge in [-0.2, -0.15) is 0 Å². The molecule has 6 heteroatoms. The van der Waals surface area contributed by atoms with Crippen LogP contribution in [0.5, 0.6) is 0 Å². The van der Waals surface area contributed by atoms with Gasteiger partial charge >= 0.3 is 5.97 Å². The SMILES string of the molecule is CC(=NCCC[C@H](N)C(=O)O)NO. The quantitative estimate of drug-likeness (QED) is 0.203. The number of carbonyl (C=O) groups is 1. The van der Waals surface area contributed by atoms with Gasteiger partial charge in [-0.1, -0.05) is 0 Å². The number of nitrogens with two attached hydrogens (primary N) is 1. The molecule has 0 saturated carbocycles. The predicted octanol–water partition coefficient (Wildman–Crippen LogP) is -0.424. The smallest absolute Gasteiger partial charge is 0.320 e. The molecule has 0 spiro atoms. The highest BCUT2D eigenvalue weighted by molar-refractivity contribution is 5.78. The van der Waals surface area contributed by atoms with Gasteiger partial charge < -0.3 is 10.8 Å². The minimum absolute atomic E-state index is 0.386. The van der Waals surface area contributed by atoms with E-state index in [-0.39, 0.29) is 0 Å². The fourth-order valence-electron chi connectivity index (χ4n) is 0.717. The third-order valence-electron chi connectivity index (χ3n) is 1.50. The first-order chi connectivity index (χ1) is 6.07. The first-order valence-corrected chi connectivity index (χ1v) is 3.97. The van der Waals surface area contributed by atoms with Crippen LogP contribution in [0.2, 0.25) is 0 Å². The molecule has 5 N–H and O–H groups in total. The fraction of sp³-hybridized carbons (Fsp3) is 0.714. The maximum absolute atomic E-state index is 10.3. The summed E-state index contributed by atoms with van der Waals surface area (Å²) in [5.74, 6) is -0.593.